The predicted octanol–water partition coefficient (Wildman–Crippen LogP) is 4.04. The van der Waals surface area contributed by atoms with Gasteiger partial charge in [-0.2, -0.15) is 0 Å². The first-order valence-electron chi connectivity index (χ1n) is 11.8. The van der Waals surface area contributed by atoms with Gasteiger partial charge >= 0.3 is 5.97 Å². The molecule has 0 unspecified atom stereocenters. The highest BCUT2D eigenvalue weighted by molar-refractivity contribution is 6.31. The van der Waals surface area contributed by atoms with Crippen LogP contribution in [0.5, 0.6) is 5.75 Å². The van der Waals surface area contributed by atoms with Gasteiger partial charge in [0.05, 0.1) is 17.5 Å². The third-order valence-electron chi connectivity index (χ3n) is 7.54. The quantitative estimate of drug-likeness (QED) is 0.297. The zero-order valence-electron chi connectivity index (χ0n) is 19.4. The Labute approximate surface area is 216 Å². The SMILES string of the molecule is O=C1[C@H]2[C@@H](c3ccccc3O)N[C@](Cc3c[nH]c4ccccc34)(C(=O)O)[C@@H]2C(=O)N1c1ccc(Cl)cc1. The Kier molecular flexibility index (Phi) is 5.33. The monoisotopic (exact) mass is 515 g/mol. The fourth-order valence-corrected chi connectivity index (χ4v) is 6.00. The highest BCUT2D eigenvalue weighted by atomic mass is 35.5. The fourth-order valence-electron chi connectivity index (χ4n) is 5.88. The molecule has 4 atom stereocenters. The van der Waals surface area contributed by atoms with Crippen LogP contribution in [0.2, 0.25) is 5.02 Å². The van der Waals surface area contributed by atoms with Crippen LogP contribution in [0.3, 0.4) is 0 Å². The minimum Gasteiger partial charge on any atom is -0.508 e. The number of carboxylic acids is 1. The largest absolute Gasteiger partial charge is 0.508 e. The molecule has 0 spiro atoms. The molecule has 0 bridgehead atoms. The number of hydrogen-bond donors (Lipinski definition) is 4. The second-order valence-electron chi connectivity index (χ2n) is 9.49. The Morgan fingerprint density at radius 2 is 1.68 bits per heavy atom. The van der Waals surface area contributed by atoms with Crippen LogP contribution in [0.1, 0.15) is 17.2 Å². The van der Waals surface area contributed by atoms with E-state index in [-0.39, 0.29) is 12.2 Å². The molecule has 4 aromatic rings. The number of H-pyrrole nitrogens is 1. The molecular weight excluding hydrogens is 494 g/mol. The number of carboxylic acid groups (broad SMARTS) is 1. The Morgan fingerprint density at radius 1 is 0.973 bits per heavy atom. The number of para-hydroxylation sites is 2. The number of amides is 2. The zero-order valence-corrected chi connectivity index (χ0v) is 20.1. The number of phenolic OH excluding ortho intramolecular Hbond substituents is 1. The molecule has 2 aliphatic heterocycles. The van der Waals surface area contributed by atoms with Gasteiger partial charge in [0.25, 0.3) is 0 Å². The summed E-state index contributed by atoms with van der Waals surface area (Å²) in [4.78, 5) is 45.1. The highest BCUT2D eigenvalue weighted by Crippen LogP contribution is 2.52. The van der Waals surface area contributed by atoms with Crippen molar-refractivity contribution < 1.29 is 24.6 Å². The van der Waals surface area contributed by atoms with E-state index in [1.165, 1.54) is 6.07 Å². The van der Waals surface area contributed by atoms with Crippen molar-refractivity contribution in [2.45, 2.75) is 18.0 Å². The van der Waals surface area contributed by atoms with Crippen molar-refractivity contribution in [3.8, 4) is 5.75 Å². The van der Waals surface area contributed by atoms with E-state index in [1.54, 1.807) is 48.7 Å². The molecule has 3 aromatic carbocycles. The summed E-state index contributed by atoms with van der Waals surface area (Å²) in [6, 6.07) is 19.3. The van der Waals surface area contributed by atoms with Crippen molar-refractivity contribution in [1.82, 2.24) is 10.3 Å². The Morgan fingerprint density at radius 3 is 2.41 bits per heavy atom. The van der Waals surface area contributed by atoms with Gasteiger partial charge in [-0.3, -0.25) is 19.7 Å². The van der Waals surface area contributed by atoms with Gasteiger partial charge in [-0.25, -0.2) is 4.90 Å². The maximum absolute atomic E-state index is 14.0. The number of nitrogens with zero attached hydrogens (tertiary/aromatic N) is 1. The summed E-state index contributed by atoms with van der Waals surface area (Å²) in [6.07, 6.45) is 1.68. The minimum atomic E-state index is -1.81. The molecule has 1 aromatic heterocycles. The van der Waals surface area contributed by atoms with Gasteiger partial charge in [0, 0.05) is 40.1 Å². The van der Waals surface area contributed by atoms with Crippen LogP contribution in [-0.2, 0) is 20.8 Å². The van der Waals surface area contributed by atoms with Crippen molar-refractivity contribution >= 4 is 46.0 Å². The summed E-state index contributed by atoms with van der Waals surface area (Å²) in [7, 11) is 0. The second kappa shape index (κ2) is 8.47. The Bertz CT molecular complexity index is 1570. The minimum absolute atomic E-state index is 0.0505. The number of phenols is 1. The number of hydrogen-bond acceptors (Lipinski definition) is 5. The van der Waals surface area contributed by atoms with Gasteiger partial charge in [-0.1, -0.05) is 48.0 Å². The van der Waals surface area contributed by atoms with E-state index in [9.17, 15) is 24.6 Å². The van der Waals surface area contributed by atoms with Gasteiger partial charge in [-0.15, -0.1) is 0 Å². The number of nitrogens with one attached hydrogen (secondary N) is 2. The van der Waals surface area contributed by atoms with Crippen molar-refractivity contribution in [2.24, 2.45) is 11.8 Å². The molecule has 0 radical (unpaired) electrons. The summed E-state index contributed by atoms with van der Waals surface area (Å²) < 4.78 is 0. The maximum atomic E-state index is 14.0. The van der Waals surface area contributed by atoms with E-state index in [0.29, 0.717) is 21.8 Å². The summed E-state index contributed by atoms with van der Waals surface area (Å²) in [6.45, 7) is 0. The lowest BCUT2D eigenvalue weighted by Crippen LogP contribution is -2.57. The van der Waals surface area contributed by atoms with Crippen LogP contribution in [0.15, 0.2) is 79.0 Å². The number of carbonyl (C=O) groups excluding carboxylic acids is 2. The highest BCUT2D eigenvalue weighted by Gasteiger charge is 2.69. The molecule has 3 heterocycles. The number of carbonyl (C=O) groups is 3. The Hall–Kier alpha value is -4.14. The Balaban J connectivity index is 1.52. The number of rotatable bonds is 5. The van der Waals surface area contributed by atoms with E-state index >= 15 is 0 Å². The average molecular weight is 516 g/mol. The number of aromatic hydroxyl groups is 1. The van der Waals surface area contributed by atoms with Gasteiger partial charge < -0.3 is 15.2 Å². The molecule has 2 amide bonds. The normalized spacial score (nSPS) is 25.1. The van der Waals surface area contributed by atoms with Crippen LogP contribution in [-0.4, -0.2) is 38.5 Å². The standard InChI is InChI=1S/C28H22ClN3O5/c29-16-9-11-17(12-10-16)32-25(34)22-23(26(32)35)28(27(36)37,31-24(22)19-6-2-4-8-21(19)33)13-15-14-30-20-7-3-1-5-18(15)20/h1-12,14,22-24,30-31,33H,13H2,(H,36,37)/t22-,23+,24-,28+/m1/s1. The molecule has 4 N–H and O–H groups in total. The summed E-state index contributed by atoms with van der Waals surface area (Å²) >= 11 is 6.01. The number of anilines is 1. The van der Waals surface area contributed by atoms with E-state index < -0.39 is 41.2 Å². The molecule has 2 aliphatic rings. The van der Waals surface area contributed by atoms with E-state index in [4.69, 9.17) is 11.6 Å². The summed E-state index contributed by atoms with van der Waals surface area (Å²) in [5.74, 6) is -4.73. The first-order valence-corrected chi connectivity index (χ1v) is 12.2. The summed E-state index contributed by atoms with van der Waals surface area (Å²) in [5.41, 5.74) is 0.403. The molecule has 37 heavy (non-hydrogen) atoms. The van der Waals surface area contributed by atoms with Gasteiger partial charge in [-0.05, 0) is 42.0 Å². The number of halogens is 1. The lowest BCUT2D eigenvalue weighted by atomic mass is 9.76. The maximum Gasteiger partial charge on any atom is 0.325 e. The number of aliphatic carboxylic acids is 1. The number of benzene rings is 3. The third kappa shape index (κ3) is 3.44. The molecule has 8 nitrogen and oxygen atoms in total. The van der Waals surface area contributed by atoms with Gasteiger partial charge in [0.2, 0.25) is 11.8 Å². The molecule has 2 saturated heterocycles. The number of aromatic nitrogens is 1. The second-order valence-corrected chi connectivity index (χ2v) is 9.92. The predicted molar refractivity (Wildman–Crippen MR) is 137 cm³/mol. The third-order valence-corrected chi connectivity index (χ3v) is 7.79. The van der Waals surface area contributed by atoms with Crippen molar-refractivity contribution in [3.63, 3.8) is 0 Å². The molecule has 6 rings (SSSR count). The van der Waals surface area contributed by atoms with Crippen molar-refractivity contribution in [2.75, 3.05) is 4.90 Å². The van der Waals surface area contributed by atoms with Crippen LogP contribution in [0.4, 0.5) is 5.69 Å². The number of fused-ring (bicyclic) bond motifs is 2. The molecule has 2 fully saturated rings. The van der Waals surface area contributed by atoms with E-state index in [1.807, 2.05) is 24.3 Å². The first kappa shape index (κ1) is 23.3. The number of imide groups is 1. The lowest BCUT2D eigenvalue weighted by molar-refractivity contribution is -0.148. The molecule has 9 heteroatoms. The topological polar surface area (TPSA) is 123 Å². The zero-order chi connectivity index (χ0) is 25.9. The number of aromatic amines is 1. The van der Waals surface area contributed by atoms with Crippen LogP contribution < -0.4 is 10.2 Å². The van der Waals surface area contributed by atoms with Gasteiger partial charge in [0.15, 0.2) is 0 Å². The summed E-state index contributed by atoms with van der Waals surface area (Å²) in [5, 5.41) is 25.7. The fraction of sp³-hybridized carbons (Fsp3) is 0.179. The van der Waals surface area contributed by atoms with Crippen LogP contribution in [0, 0.1) is 11.8 Å². The molecule has 0 saturated carbocycles. The van der Waals surface area contributed by atoms with E-state index in [0.717, 1.165) is 15.8 Å². The van der Waals surface area contributed by atoms with Crippen LogP contribution >= 0.6 is 11.6 Å². The smallest absolute Gasteiger partial charge is 0.325 e. The molecular formula is C28H22ClN3O5. The first-order chi connectivity index (χ1) is 17.8. The van der Waals surface area contributed by atoms with Crippen LogP contribution in [0.25, 0.3) is 10.9 Å². The lowest BCUT2D eigenvalue weighted by Gasteiger charge is -2.31. The van der Waals surface area contributed by atoms with Crippen molar-refractivity contribution in [3.05, 3.63) is 95.1 Å². The van der Waals surface area contributed by atoms with E-state index in [2.05, 4.69) is 10.3 Å². The average Bonchev–Trinajstić information content (AvgIpc) is 3.53. The van der Waals surface area contributed by atoms with Gasteiger partial charge in [0.1, 0.15) is 11.3 Å². The van der Waals surface area contributed by atoms with Crippen molar-refractivity contribution in [1.29, 1.82) is 0 Å². The molecule has 186 valence electrons. The molecule has 0 aliphatic carbocycles.